The van der Waals surface area contributed by atoms with Gasteiger partial charge >= 0.3 is 0 Å². The summed E-state index contributed by atoms with van der Waals surface area (Å²) in [5.41, 5.74) is 3.26. The number of nitrogens with zero attached hydrogens (tertiary/aromatic N) is 2. The van der Waals surface area contributed by atoms with Crippen molar-refractivity contribution in [2.24, 2.45) is 7.05 Å². The smallest absolute Gasteiger partial charge is 0.234 e. The minimum Gasteiger partial charge on any atom is -0.325 e. The first kappa shape index (κ1) is 14.7. The third-order valence-electron chi connectivity index (χ3n) is 2.91. The molecule has 0 aliphatic heterocycles. The minimum absolute atomic E-state index is 0.0307. The summed E-state index contributed by atoms with van der Waals surface area (Å²) in [5, 5.41) is 7.01. The van der Waals surface area contributed by atoms with Crippen LogP contribution in [0.15, 0.2) is 36.7 Å². The van der Waals surface area contributed by atoms with E-state index >= 15 is 0 Å². The first-order valence-electron chi connectivity index (χ1n) is 6.61. The number of anilines is 1. The number of rotatable bonds is 6. The second kappa shape index (κ2) is 7.14. The highest BCUT2D eigenvalue weighted by molar-refractivity contribution is 7.99. The number of carbonyl (C=O) groups excluding carboxylic acids is 1. The largest absolute Gasteiger partial charge is 0.325 e. The summed E-state index contributed by atoms with van der Waals surface area (Å²) in [6.45, 7) is 2.11. The Bertz CT molecular complexity index is 563. The Morgan fingerprint density at radius 1 is 1.30 bits per heavy atom. The fourth-order valence-corrected chi connectivity index (χ4v) is 2.57. The average Bonchev–Trinajstić information content (AvgIpc) is 2.85. The molecule has 0 radical (unpaired) electrons. The van der Waals surface area contributed by atoms with Gasteiger partial charge in [-0.15, -0.1) is 11.8 Å². The molecule has 2 aromatic rings. The van der Waals surface area contributed by atoms with Gasteiger partial charge in [0.25, 0.3) is 0 Å². The molecule has 1 heterocycles. The van der Waals surface area contributed by atoms with Crippen molar-refractivity contribution in [2.75, 3.05) is 11.1 Å². The van der Waals surface area contributed by atoms with E-state index in [1.165, 1.54) is 5.56 Å². The van der Waals surface area contributed by atoms with E-state index in [0.29, 0.717) is 5.75 Å². The van der Waals surface area contributed by atoms with Gasteiger partial charge in [0.05, 0.1) is 11.9 Å². The maximum absolute atomic E-state index is 11.8. The predicted molar refractivity (Wildman–Crippen MR) is 83.8 cm³/mol. The van der Waals surface area contributed by atoms with Crippen LogP contribution < -0.4 is 5.32 Å². The molecule has 0 spiro atoms. The van der Waals surface area contributed by atoms with Crippen LogP contribution in [0, 0.1) is 0 Å². The van der Waals surface area contributed by atoms with Gasteiger partial charge in [-0.2, -0.15) is 5.10 Å². The molecule has 1 aromatic heterocycles. The molecule has 0 bridgehead atoms. The molecule has 0 aliphatic carbocycles. The molecule has 0 unspecified atom stereocenters. The topological polar surface area (TPSA) is 46.9 Å². The van der Waals surface area contributed by atoms with Gasteiger partial charge in [0, 0.05) is 24.7 Å². The summed E-state index contributed by atoms with van der Waals surface area (Å²) in [7, 11) is 1.89. The molecule has 0 saturated carbocycles. The first-order chi connectivity index (χ1) is 9.67. The zero-order chi connectivity index (χ0) is 14.4. The SMILES string of the molecule is CCc1ccc(NC(=O)CSCc2cnn(C)c2)cc1. The number of thioether (sulfide) groups is 1. The van der Waals surface area contributed by atoms with Gasteiger partial charge in [0.1, 0.15) is 0 Å². The van der Waals surface area contributed by atoms with E-state index in [-0.39, 0.29) is 5.91 Å². The Kier molecular flexibility index (Phi) is 5.24. The van der Waals surface area contributed by atoms with Gasteiger partial charge in [-0.1, -0.05) is 19.1 Å². The van der Waals surface area contributed by atoms with Crippen LogP contribution >= 0.6 is 11.8 Å². The Labute approximate surface area is 123 Å². The van der Waals surface area contributed by atoms with E-state index in [2.05, 4.69) is 17.3 Å². The molecular formula is C15H19N3OS. The number of benzene rings is 1. The molecule has 4 nitrogen and oxygen atoms in total. The van der Waals surface area contributed by atoms with Crippen molar-refractivity contribution in [3.05, 3.63) is 47.8 Å². The Balaban J connectivity index is 1.74. The van der Waals surface area contributed by atoms with Crippen molar-refractivity contribution in [3.63, 3.8) is 0 Å². The van der Waals surface area contributed by atoms with Crippen LogP contribution in [0.5, 0.6) is 0 Å². The van der Waals surface area contributed by atoms with Crippen molar-refractivity contribution in [2.45, 2.75) is 19.1 Å². The van der Waals surface area contributed by atoms with E-state index in [0.717, 1.165) is 23.4 Å². The van der Waals surface area contributed by atoms with Crippen LogP contribution in [-0.2, 0) is 24.0 Å². The highest BCUT2D eigenvalue weighted by Gasteiger charge is 2.04. The van der Waals surface area contributed by atoms with E-state index < -0.39 is 0 Å². The van der Waals surface area contributed by atoms with Crippen LogP contribution in [0.4, 0.5) is 5.69 Å². The van der Waals surface area contributed by atoms with Crippen LogP contribution in [0.3, 0.4) is 0 Å². The lowest BCUT2D eigenvalue weighted by Gasteiger charge is -2.05. The lowest BCUT2D eigenvalue weighted by Crippen LogP contribution is -2.14. The molecule has 0 saturated heterocycles. The van der Waals surface area contributed by atoms with Gasteiger partial charge in [0.15, 0.2) is 0 Å². The van der Waals surface area contributed by atoms with Gasteiger partial charge < -0.3 is 5.32 Å². The fraction of sp³-hybridized carbons (Fsp3) is 0.333. The highest BCUT2D eigenvalue weighted by Crippen LogP contribution is 2.13. The van der Waals surface area contributed by atoms with Gasteiger partial charge in [0.2, 0.25) is 5.91 Å². The summed E-state index contributed by atoms with van der Waals surface area (Å²) in [6.07, 6.45) is 4.80. The Morgan fingerprint density at radius 3 is 2.65 bits per heavy atom. The van der Waals surface area contributed by atoms with Crippen LogP contribution in [0.25, 0.3) is 0 Å². The van der Waals surface area contributed by atoms with Crippen LogP contribution in [0.2, 0.25) is 0 Å². The molecule has 0 atom stereocenters. The molecule has 0 fully saturated rings. The third-order valence-corrected chi connectivity index (χ3v) is 3.91. The van der Waals surface area contributed by atoms with Gasteiger partial charge in [-0.05, 0) is 29.7 Å². The van der Waals surface area contributed by atoms with E-state index in [9.17, 15) is 4.79 Å². The predicted octanol–water partition coefficient (Wildman–Crippen LogP) is 2.85. The Morgan fingerprint density at radius 2 is 2.05 bits per heavy atom. The second-order valence-electron chi connectivity index (χ2n) is 4.61. The van der Waals surface area contributed by atoms with E-state index in [1.54, 1.807) is 16.4 Å². The lowest BCUT2D eigenvalue weighted by atomic mass is 10.1. The first-order valence-corrected chi connectivity index (χ1v) is 7.77. The number of aryl methyl sites for hydroxylation is 2. The van der Waals surface area contributed by atoms with E-state index in [1.807, 2.05) is 43.7 Å². The number of hydrogen-bond donors (Lipinski definition) is 1. The second-order valence-corrected chi connectivity index (χ2v) is 5.60. The summed E-state index contributed by atoms with van der Waals surface area (Å²) in [6, 6.07) is 7.97. The summed E-state index contributed by atoms with van der Waals surface area (Å²) in [5.74, 6) is 1.28. The molecule has 2 rings (SSSR count). The van der Waals surface area contributed by atoms with Crippen molar-refractivity contribution >= 4 is 23.4 Å². The van der Waals surface area contributed by atoms with Crippen molar-refractivity contribution in [3.8, 4) is 0 Å². The summed E-state index contributed by atoms with van der Waals surface area (Å²) < 4.78 is 1.77. The molecule has 1 aromatic carbocycles. The molecule has 1 N–H and O–H groups in total. The van der Waals surface area contributed by atoms with Crippen molar-refractivity contribution in [1.29, 1.82) is 0 Å². The maximum Gasteiger partial charge on any atom is 0.234 e. The summed E-state index contributed by atoms with van der Waals surface area (Å²) in [4.78, 5) is 11.8. The number of amides is 1. The number of aromatic nitrogens is 2. The molecule has 1 amide bonds. The minimum atomic E-state index is 0.0307. The standard InChI is InChI=1S/C15H19N3OS/c1-3-12-4-6-14(7-5-12)17-15(19)11-20-10-13-8-16-18(2)9-13/h4-9H,3,10-11H2,1-2H3,(H,17,19). The molecule has 0 aliphatic rings. The fourth-order valence-electron chi connectivity index (χ4n) is 1.83. The van der Waals surface area contributed by atoms with Crippen LogP contribution in [0.1, 0.15) is 18.1 Å². The van der Waals surface area contributed by atoms with Crippen LogP contribution in [-0.4, -0.2) is 21.4 Å². The average molecular weight is 289 g/mol. The maximum atomic E-state index is 11.8. The quantitative estimate of drug-likeness (QED) is 0.889. The third kappa shape index (κ3) is 4.42. The monoisotopic (exact) mass is 289 g/mol. The number of hydrogen-bond acceptors (Lipinski definition) is 3. The zero-order valence-corrected chi connectivity index (χ0v) is 12.6. The number of nitrogens with one attached hydrogen (secondary N) is 1. The Hall–Kier alpha value is -1.75. The van der Waals surface area contributed by atoms with Crippen molar-refractivity contribution in [1.82, 2.24) is 9.78 Å². The molecule has 106 valence electrons. The van der Waals surface area contributed by atoms with Gasteiger partial charge in [-0.25, -0.2) is 0 Å². The van der Waals surface area contributed by atoms with Gasteiger partial charge in [-0.3, -0.25) is 9.48 Å². The summed E-state index contributed by atoms with van der Waals surface area (Å²) >= 11 is 1.59. The number of carbonyl (C=O) groups is 1. The highest BCUT2D eigenvalue weighted by atomic mass is 32.2. The van der Waals surface area contributed by atoms with Crippen molar-refractivity contribution < 1.29 is 4.79 Å². The van der Waals surface area contributed by atoms with E-state index in [4.69, 9.17) is 0 Å². The zero-order valence-electron chi connectivity index (χ0n) is 11.8. The molecule has 20 heavy (non-hydrogen) atoms. The lowest BCUT2D eigenvalue weighted by molar-refractivity contribution is -0.113. The molecular weight excluding hydrogens is 270 g/mol. The molecule has 5 heteroatoms. The normalized spacial score (nSPS) is 10.5.